The average Bonchev–Trinajstić information content (AvgIpc) is 2.99. The second kappa shape index (κ2) is 7.69. The van der Waals surface area contributed by atoms with Crippen molar-refractivity contribution in [2.45, 2.75) is 20.3 Å². The van der Waals surface area contributed by atoms with E-state index in [1.807, 2.05) is 13.0 Å². The minimum Gasteiger partial charge on any atom is -0.453 e. The third-order valence-electron chi connectivity index (χ3n) is 3.09. The Morgan fingerprint density at radius 1 is 1.09 bits per heavy atom. The molecule has 23 heavy (non-hydrogen) atoms. The number of hydrogen-bond acceptors (Lipinski definition) is 5. The van der Waals surface area contributed by atoms with Crippen molar-refractivity contribution in [3.05, 3.63) is 51.7 Å². The number of carbonyl (C=O) groups is 3. The summed E-state index contributed by atoms with van der Waals surface area (Å²) >= 11 is 1.33. The molecular weight excluding hydrogens is 314 g/mol. The van der Waals surface area contributed by atoms with Crippen molar-refractivity contribution >= 4 is 34.7 Å². The summed E-state index contributed by atoms with van der Waals surface area (Å²) in [6.45, 7) is 3.35. The molecule has 1 aromatic carbocycles. The van der Waals surface area contributed by atoms with Gasteiger partial charge in [-0.1, -0.05) is 6.92 Å². The van der Waals surface area contributed by atoms with Crippen molar-refractivity contribution < 1.29 is 19.1 Å². The van der Waals surface area contributed by atoms with Gasteiger partial charge in [-0.2, -0.15) is 0 Å². The van der Waals surface area contributed by atoms with Crippen LogP contribution in [0.3, 0.4) is 0 Å². The number of benzene rings is 1. The number of amides is 1. The van der Waals surface area contributed by atoms with Crippen molar-refractivity contribution in [3.8, 4) is 0 Å². The summed E-state index contributed by atoms with van der Waals surface area (Å²) in [5, 5.41) is 2.70. The zero-order valence-electron chi connectivity index (χ0n) is 12.9. The molecule has 2 rings (SSSR count). The van der Waals surface area contributed by atoms with E-state index in [1.165, 1.54) is 11.3 Å². The van der Waals surface area contributed by atoms with Crippen LogP contribution in [0.5, 0.6) is 0 Å². The van der Waals surface area contributed by atoms with Crippen LogP contribution in [0.15, 0.2) is 36.4 Å². The predicted molar refractivity (Wildman–Crippen MR) is 89.0 cm³/mol. The van der Waals surface area contributed by atoms with E-state index in [4.69, 9.17) is 4.74 Å². The van der Waals surface area contributed by atoms with Gasteiger partial charge >= 0.3 is 5.97 Å². The lowest BCUT2D eigenvalue weighted by Crippen LogP contribution is -2.14. The summed E-state index contributed by atoms with van der Waals surface area (Å²) < 4.78 is 5.02. The van der Waals surface area contributed by atoms with Crippen LogP contribution in [0, 0.1) is 6.92 Å². The van der Waals surface area contributed by atoms with Crippen molar-refractivity contribution in [2.24, 2.45) is 0 Å². The quantitative estimate of drug-likeness (QED) is 0.650. The number of aryl methyl sites for hydroxylation is 1. The molecule has 0 radical (unpaired) electrons. The molecule has 0 spiro atoms. The molecule has 0 aliphatic rings. The number of hydrogen-bond donors (Lipinski definition) is 1. The van der Waals surface area contributed by atoms with E-state index < -0.39 is 5.97 Å². The number of ether oxygens (including phenoxy) is 1. The maximum atomic E-state index is 12.0. The Hall–Kier alpha value is -2.47. The first-order valence-electron chi connectivity index (χ1n) is 7.16. The van der Waals surface area contributed by atoms with Crippen LogP contribution >= 0.6 is 11.3 Å². The molecular formula is C17H17NO4S. The maximum Gasteiger partial charge on any atom is 0.348 e. The lowest BCUT2D eigenvalue weighted by atomic mass is 10.1. The number of ketones is 1. The number of anilines is 1. The van der Waals surface area contributed by atoms with Crippen molar-refractivity contribution in [2.75, 3.05) is 11.9 Å². The molecule has 1 amide bonds. The monoisotopic (exact) mass is 331 g/mol. The van der Waals surface area contributed by atoms with Gasteiger partial charge in [-0.05, 0) is 43.3 Å². The van der Waals surface area contributed by atoms with Gasteiger partial charge in [0.15, 0.2) is 12.4 Å². The van der Waals surface area contributed by atoms with Gasteiger partial charge in [0.25, 0.3) is 0 Å². The van der Waals surface area contributed by atoms with E-state index >= 15 is 0 Å². The Morgan fingerprint density at radius 2 is 1.78 bits per heavy atom. The molecule has 2 aromatic rings. The fourth-order valence-electron chi connectivity index (χ4n) is 1.82. The normalized spacial score (nSPS) is 10.2. The maximum absolute atomic E-state index is 12.0. The summed E-state index contributed by atoms with van der Waals surface area (Å²) in [5.74, 6) is -0.882. The number of carbonyl (C=O) groups excluding carboxylic acids is 3. The largest absolute Gasteiger partial charge is 0.453 e. The van der Waals surface area contributed by atoms with Gasteiger partial charge < -0.3 is 10.1 Å². The summed E-state index contributed by atoms with van der Waals surface area (Å²) in [4.78, 5) is 36.6. The summed E-state index contributed by atoms with van der Waals surface area (Å²) in [6.07, 6.45) is 0.388. The van der Waals surface area contributed by atoms with E-state index in [9.17, 15) is 14.4 Å². The van der Waals surface area contributed by atoms with Gasteiger partial charge in [0.05, 0.1) is 0 Å². The molecule has 5 nitrogen and oxygen atoms in total. The van der Waals surface area contributed by atoms with Crippen LogP contribution in [-0.2, 0) is 9.53 Å². The topological polar surface area (TPSA) is 72.5 Å². The molecule has 120 valence electrons. The van der Waals surface area contributed by atoms with Gasteiger partial charge in [-0.25, -0.2) is 4.79 Å². The van der Waals surface area contributed by atoms with Gasteiger partial charge in [-0.3, -0.25) is 9.59 Å². The number of Topliss-reactive ketones (excluding diaryl/α,β-unsaturated/α-hetero) is 1. The van der Waals surface area contributed by atoms with E-state index in [0.29, 0.717) is 22.5 Å². The highest BCUT2D eigenvalue weighted by Gasteiger charge is 2.13. The highest BCUT2D eigenvalue weighted by atomic mass is 32.1. The molecule has 1 heterocycles. The molecule has 0 atom stereocenters. The average molecular weight is 331 g/mol. The van der Waals surface area contributed by atoms with Crippen LogP contribution in [0.4, 0.5) is 5.69 Å². The lowest BCUT2D eigenvalue weighted by Gasteiger charge is -2.06. The van der Waals surface area contributed by atoms with E-state index in [-0.39, 0.29) is 18.3 Å². The second-order valence-corrected chi connectivity index (χ2v) is 6.18. The number of thiophene rings is 1. The molecule has 0 saturated heterocycles. The zero-order valence-corrected chi connectivity index (χ0v) is 13.7. The highest BCUT2D eigenvalue weighted by Crippen LogP contribution is 2.16. The molecule has 0 unspecified atom stereocenters. The number of nitrogens with one attached hydrogen (secondary N) is 1. The lowest BCUT2D eigenvalue weighted by molar-refractivity contribution is -0.115. The van der Waals surface area contributed by atoms with Crippen LogP contribution < -0.4 is 5.32 Å². The van der Waals surface area contributed by atoms with Crippen molar-refractivity contribution in [1.29, 1.82) is 0 Å². The van der Waals surface area contributed by atoms with Gasteiger partial charge in [0.1, 0.15) is 4.88 Å². The number of esters is 1. The Labute approximate surface area is 138 Å². The van der Waals surface area contributed by atoms with E-state index in [1.54, 1.807) is 37.3 Å². The first-order chi connectivity index (χ1) is 11.0. The molecule has 0 fully saturated rings. The second-order valence-electron chi connectivity index (χ2n) is 4.89. The summed E-state index contributed by atoms with van der Waals surface area (Å²) in [6, 6.07) is 9.98. The molecule has 0 saturated carbocycles. The minimum atomic E-state index is -0.497. The Balaban J connectivity index is 1.90. The first kappa shape index (κ1) is 16.9. The van der Waals surface area contributed by atoms with Crippen LogP contribution in [0.2, 0.25) is 0 Å². The molecule has 0 aliphatic carbocycles. The Bertz CT molecular complexity index is 718. The molecule has 1 N–H and O–H groups in total. The number of rotatable bonds is 6. The summed E-state index contributed by atoms with van der Waals surface area (Å²) in [5.41, 5.74) is 1.05. The van der Waals surface area contributed by atoms with E-state index in [0.717, 1.165) is 4.88 Å². The van der Waals surface area contributed by atoms with Crippen LogP contribution in [0.25, 0.3) is 0 Å². The van der Waals surface area contributed by atoms with Gasteiger partial charge in [0, 0.05) is 22.5 Å². The molecule has 6 heteroatoms. The minimum absolute atomic E-state index is 0.0933. The highest BCUT2D eigenvalue weighted by molar-refractivity contribution is 7.13. The Kier molecular flexibility index (Phi) is 5.65. The van der Waals surface area contributed by atoms with Crippen LogP contribution in [-0.4, -0.2) is 24.3 Å². The fourth-order valence-corrected chi connectivity index (χ4v) is 2.58. The van der Waals surface area contributed by atoms with Crippen molar-refractivity contribution in [3.63, 3.8) is 0 Å². The molecule has 0 aliphatic heterocycles. The van der Waals surface area contributed by atoms with E-state index in [2.05, 4.69) is 5.32 Å². The van der Waals surface area contributed by atoms with Crippen molar-refractivity contribution in [1.82, 2.24) is 0 Å². The fraction of sp³-hybridized carbons (Fsp3) is 0.235. The first-order valence-corrected chi connectivity index (χ1v) is 7.98. The smallest absolute Gasteiger partial charge is 0.348 e. The van der Waals surface area contributed by atoms with Crippen LogP contribution in [0.1, 0.15) is 38.3 Å². The SMILES string of the molecule is CCC(=O)Nc1ccc(C(=O)COC(=O)c2ccc(C)s2)cc1. The van der Waals surface area contributed by atoms with Gasteiger partial charge in [0.2, 0.25) is 5.91 Å². The standard InChI is InChI=1S/C17H17NO4S/c1-3-16(20)18-13-7-5-12(6-8-13)14(19)10-22-17(21)15-9-4-11(2)23-15/h4-9H,3,10H2,1-2H3,(H,18,20). The zero-order chi connectivity index (χ0) is 16.8. The third kappa shape index (κ3) is 4.75. The third-order valence-corrected chi connectivity index (χ3v) is 4.07. The predicted octanol–water partition coefficient (Wildman–Crippen LogP) is 3.44. The Morgan fingerprint density at radius 3 is 2.35 bits per heavy atom. The summed E-state index contributed by atoms with van der Waals surface area (Å²) in [7, 11) is 0. The molecule has 0 bridgehead atoms. The molecule has 1 aromatic heterocycles. The van der Waals surface area contributed by atoms with Gasteiger partial charge in [-0.15, -0.1) is 11.3 Å².